The first kappa shape index (κ1) is 26.5. The number of ether oxygens (including phenoxy) is 1. The maximum Gasteiger partial charge on any atom is 0.318 e. The second-order valence-electron chi connectivity index (χ2n) is 10.2. The first-order valence-corrected chi connectivity index (χ1v) is 14.1. The highest BCUT2D eigenvalue weighted by atomic mass is 35.5. The van der Waals surface area contributed by atoms with Gasteiger partial charge in [0.1, 0.15) is 5.82 Å². The van der Waals surface area contributed by atoms with Gasteiger partial charge in [-0.15, -0.1) is 0 Å². The van der Waals surface area contributed by atoms with Crippen LogP contribution in [-0.4, -0.2) is 77.1 Å². The van der Waals surface area contributed by atoms with E-state index in [9.17, 15) is 4.79 Å². The lowest BCUT2D eigenvalue weighted by Gasteiger charge is -2.32. The second-order valence-corrected chi connectivity index (χ2v) is 10.6. The molecule has 4 aromatic rings. The molecule has 2 aromatic heterocycles. The van der Waals surface area contributed by atoms with Crippen molar-refractivity contribution in [3.8, 4) is 11.4 Å². The van der Waals surface area contributed by atoms with Gasteiger partial charge in [-0.05, 0) is 54.8 Å². The lowest BCUT2D eigenvalue weighted by molar-refractivity contribution is 0.122. The fraction of sp³-hybridized carbons (Fsp3) is 0.379. The van der Waals surface area contributed by atoms with Crippen LogP contribution in [0.2, 0.25) is 5.02 Å². The zero-order valence-electron chi connectivity index (χ0n) is 22.5. The lowest BCUT2D eigenvalue weighted by Crippen LogP contribution is -2.37. The number of nitrogens with zero attached hydrogens (tertiary/aromatic N) is 6. The van der Waals surface area contributed by atoms with E-state index in [1.165, 1.54) is 5.56 Å². The smallest absolute Gasteiger partial charge is 0.318 e. The largest absolute Gasteiger partial charge is 0.378 e. The molecular formula is C29H33ClN8O2. The van der Waals surface area contributed by atoms with Crippen molar-refractivity contribution in [2.45, 2.75) is 25.4 Å². The van der Waals surface area contributed by atoms with Gasteiger partial charge in [0.25, 0.3) is 0 Å². The van der Waals surface area contributed by atoms with Crippen molar-refractivity contribution < 1.29 is 9.53 Å². The minimum Gasteiger partial charge on any atom is -0.378 e. The number of nitrogens with one attached hydrogen (secondary N) is 2. The summed E-state index contributed by atoms with van der Waals surface area (Å²) in [6, 6.07) is 15.7. The highest BCUT2D eigenvalue weighted by molar-refractivity contribution is 6.30. The summed E-state index contributed by atoms with van der Waals surface area (Å²) >= 11 is 6.06. The van der Waals surface area contributed by atoms with E-state index in [-0.39, 0.29) is 12.1 Å². The molecule has 0 saturated carbocycles. The fourth-order valence-corrected chi connectivity index (χ4v) is 5.52. The molecule has 2 aromatic carbocycles. The van der Waals surface area contributed by atoms with Gasteiger partial charge in [0.2, 0.25) is 0 Å². The number of carbonyl (C=O) groups excluding carboxylic acids is 1. The Morgan fingerprint density at radius 2 is 1.73 bits per heavy atom. The molecule has 2 saturated heterocycles. The van der Waals surface area contributed by atoms with Gasteiger partial charge in [-0.2, -0.15) is 5.10 Å². The number of halogens is 1. The Labute approximate surface area is 238 Å². The first-order chi connectivity index (χ1) is 19.6. The van der Waals surface area contributed by atoms with Gasteiger partial charge in [-0.1, -0.05) is 23.7 Å². The number of rotatable bonds is 6. The highest BCUT2D eigenvalue weighted by Crippen LogP contribution is 2.32. The van der Waals surface area contributed by atoms with E-state index in [1.807, 2.05) is 42.6 Å². The van der Waals surface area contributed by atoms with Gasteiger partial charge in [0.15, 0.2) is 11.5 Å². The molecule has 2 N–H and O–H groups in total. The van der Waals surface area contributed by atoms with Crippen molar-refractivity contribution in [2.24, 2.45) is 0 Å². The van der Waals surface area contributed by atoms with Crippen LogP contribution in [0.25, 0.3) is 22.4 Å². The number of morpholine rings is 1. The van der Waals surface area contributed by atoms with Crippen molar-refractivity contribution >= 4 is 40.2 Å². The van der Waals surface area contributed by atoms with Crippen molar-refractivity contribution in [3.05, 3.63) is 65.3 Å². The Balaban J connectivity index is 1.27. The van der Waals surface area contributed by atoms with Crippen molar-refractivity contribution in [1.29, 1.82) is 0 Å². The minimum atomic E-state index is -0.261. The summed E-state index contributed by atoms with van der Waals surface area (Å²) in [4.78, 5) is 26.5. The molecule has 10 nitrogen and oxygen atoms in total. The molecule has 0 atom stereocenters. The average molecular weight is 561 g/mol. The molecule has 6 rings (SSSR count). The molecule has 2 amide bonds. The predicted molar refractivity (Wildman–Crippen MR) is 157 cm³/mol. The van der Waals surface area contributed by atoms with Gasteiger partial charge in [-0.3, -0.25) is 4.90 Å². The summed E-state index contributed by atoms with van der Waals surface area (Å²) in [6.07, 6.45) is 3.91. The summed E-state index contributed by atoms with van der Waals surface area (Å²) < 4.78 is 7.71. The number of hydrogen-bond donors (Lipinski definition) is 2. The number of urea groups is 1. The Hall–Kier alpha value is -3.73. The van der Waals surface area contributed by atoms with Gasteiger partial charge in [-0.25, -0.2) is 19.4 Å². The Morgan fingerprint density at radius 1 is 1.00 bits per heavy atom. The second kappa shape index (κ2) is 11.8. The van der Waals surface area contributed by atoms with Crippen LogP contribution >= 0.6 is 11.6 Å². The molecule has 4 heterocycles. The standard InChI is InChI=1S/C29H33ClN8O2/c1-31-29(39)33-23-8-4-21(5-9-23)26-34-27(37-14-16-40-17-15-37)25-18-32-38(28(25)35-26)24-10-12-36(13-11-24)19-20-2-6-22(30)7-3-20/h2-9,18,24H,10-17,19H2,1H3,(H2,31,33,39). The summed E-state index contributed by atoms with van der Waals surface area (Å²) in [5.74, 6) is 1.53. The maximum atomic E-state index is 11.7. The van der Waals surface area contributed by atoms with Crippen LogP contribution in [0.3, 0.4) is 0 Å². The van der Waals surface area contributed by atoms with E-state index in [0.717, 1.165) is 73.0 Å². The van der Waals surface area contributed by atoms with E-state index in [2.05, 4.69) is 37.2 Å². The number of anilines is 2. The quantitative estimate of drug-likeness (QED) is 0.356. The molecular weight excluding hydrogens is 528 g/mol. The molecule has 0 spiro atoms. The van der Waals surface area contributed by atoms with E-state index in [0.29, 0.717) is 24.7 Å². The van der Waals surface area contributed by atoms with Crippen LogP contribution in [0.5, 0.6) is 0 Å². The third-order valence-electron chi connectivity index (χ3n) is 7.59. The van der Waals surface area contributed by atoms with Crippen LogP contribution in [0.1, 0.15) is 24.4 Å². The molecule has 0 radical (unpaired) electrons. The third kappa shape index (κ3) is 5.74. The molecule has 2 fully saturated rings. The molecule has 0 aliphatic carbocycles. The molecule has 2 aliphatic rings. The zero-order valence-corrected chi connectivity index (χ0v) is 23.3. The monoisotopic (exact) mass is 560 g/mol. The van der Waals surface area contributed by atoms with Crippen LogP contribution in [0, 0.1) is 0 Å². The maximum absolute atomic E-state index is 11.7. The summed E-state index contributed by atoms with van der Waals surface area (Å²) in [5.41, 5.74) is 3.71. The Bertz CT molecular complexity index is 1460. The first-order valence-electron chi connectivity index (χ1n) is 13.7. The normalized spacial score (nSPS) is 16.8. The zero-order chi connectivity index (χ0) is 27.5. The number of piperidine rings is 1. The molecule has 2 aliphatic heterocycles. The van der Waals surface area contributed by atoms with Gasteiger partial charge < -0.3 is 20.3 Å². The fourth-order valence-electron chi connectivity index (χ4n) is 5.39. The van der Waals surface area contributed by atoms with Gasteiger partial charge >= 0.3 is 6.03 Å². The third-order valence-corrected chi connectivity index (χ3v) is 7.85. The van der Waals surface area contributed by atoms with E-state index in [4.69, 9.17) is 31.4 Å². The van der Waals surface area contributed by atoms with Crippen LogP contribution in [0.4, 0.5) is 16.3 Å². The Morgan fingerprint density at radius 3 is 2.42 bits per heavy atom. The van der Waals surface area contributed by atoms with Crippen LogP contribution in [-0.2, 0) is 11.3 Å². The minimum absolute atomic E-state index is 0.261. The number of fused-ring (bicyclic) bond motifs is 1. The number of amides is 2. The highest BCUT2D eigenvalue weighted by Gasteiger charge is 2.26. The van der Waals surface area contributed by atoms with Crippen LogP contribution in [0.15, 0.2) is 54.7 Å². The number of hydrogen-bond acceptors (Lipinski definition) is 7. The lowest BCUT2D eigenvalue weighted by atomic mass is 10.0. The number of aromatic nitrogens is 4. The molecule has 11 heteroatoms. The number of likely N-dealkylation sites (tertiary alicyclic amines) is 1. The van der Waals surface area contributed by atoms with Gasteiger partial charge in [0, 0.05) is 56.0 Å². The van der Waals surface area contributed by atoms with Gasteiger partial charge in [0.05, 0.1) is 30.8 Å². The summed E-state index contributed by atoms with van der Waals surface area (Å²) in [6.45, 7) is 5.78. The van der Waals surface area contributed by atoms with E-state index in [1.54, 1.807) is 7.05 Å². The molecule has 40 heavy (non-hydrogen) atoms. The van der Waals surface area contributed by atoms with Crippen molar-refractivity contribution in [3.63, 3.8) is 0 Å². The summed E-state index contributed by atoms with van der Waals surface area (Å²) in [5, 5.41) is 11.9. The number of benzene rings is 2. The molecule has 208 valence electrons. The topological polar surface area (TPSA) is 100 Å². The Kier molecular flexibility index (Phi) is 7.81. The van der Waals surface area contributed by atoms with Crippen LogP contribution < -0.4 is 15.5 Å². The van der Waals surface area contributed by atoms with Crippen molar-refractivity contribution in [1.82, 2.24) is 30.0 Å². The SMILES string of the molecule is CNC(=O)Nc1ccc(-c2nc(N3CCOCC3)c3cnn(C4CCN(Cc5ccc(Cl)cc5)CC4)c3n2)cc1. The van der Waals surface area contributed by atoms with E-state index >= 15 is 0 Å². The molecule has 0 unspecified atom stereocenters. The van der Waals surface area contributed by atoms with E-state index < -0.39 is 0 Å². The van der Waals surface area contributed by atoms with Crippen molar-refractivity contribution in [2.75, 3.05) is 56.7 Å². The molecule has 0 bridgehead atoms. The predicted octanol–water partition coefficient (Wildman–Crippen LogP) is 4.57. The number of carbonyl (C=O) groups is 1. The summed E-state index contributed by atoms with van der Waals surface area (Å²) in [7, 11) is 1.59. The average Bonchev–Trinajstić information content (AvgIpc) is 3.43.